The monoisotopic (exact) mass is 404 g/mol. The Kier molecular flexibility index (Phi) is 4.76. The lowest BCUT2D eigenvalue weighted by molar-refractivity contribution is 0.0993. The van der Waals surface area contributed by atoms with Crippen molar-refractivity contribution in [1.29, 1.82) is 0 Å². The van der Waals surface area contributed by atoms with Gasteiger partial charge in [0.25, 0.3) is 0 Å². The molecule has 0 bridgehead atoms. The van der Waals surface area contributed by atoms with Gasteiger partial charge in [-0.1, -0.05) is 49.5 Å². The summed E-state index contributed by atoms with van der Waals surface area (Å²) in [5, 5.41) is 0.0284. The van der Waals surface area contributed by atoms with Crippen molar-refractivity contribution in [1.82, 2.24) is 0 Å². The molecule has 0 saturated carbocycles. The first-order valence-electron chi connectivity index (χ1n) is 5.39. The number of rotatable bonds is 3. The smallest absolute Gasteiger partial charge is 0.167 e. The molecule has 5 heteroatoms. The molecular formula is C14H8Br2ClFO. The molecule has 0 aliphatic heterocycles. The third kappa shape index (κ3) is 3.88. The second kappa shape index (κ2) is 6.16. The van der Waals surface area contributed by atoms with Crippen molar-refractivity contribution in [3.63, 3.8) is 0 Å². The summed E-state index contributed by atoms with van der Waals surface area (Å²) in [5.41, 5.74) is 1.27. The second-order valence-electron chi connectivity index (χ2n) is 4.01. The van der Waals surface area contributed by atoms with Gasteiger partial charge >= 0.3 is 0 Å². The van der Waals surface area contributed by atoms with Crippen LogP contribution in [0.4, 0.5) is 4.39 Å². The third-order valence-corrected chi connectivity index (χ3v) is 3.74. The molecule has 0 saturated heterocycles. The maximum Gasteiger partial charge on any atom is 0.167 e. The maximum atomic E-state index is 13.0. The standard InChI is InChI=1S/C14H8Br2ClFO/c15-10-5-9(6-11(16)7-10)14(19)4-8-1-2-13(18)12(17)3-8/h1-3,5-7H,4H2. The van der Waals surface area contributed by atoms with E-state index in [1.807, 2.05) is 6.07 Å². The molecule has 0 aliphatic rings. The summed E-state index contributed by atoms with van der Waals surface area (Å²) < 4.78 is 14.7. The molecule has 0 unspecified atom stereocenters. The highest BCUT2D eigenvalue weighted by molar-refractivity contribution is 9.11. The molecule has 2 aromatic rings. The lowest BCUT2D eigenvalue weighted by atomic mass is 10.0. The Labute approximate surface area is 132 Å². The minimum absolute atomic E-state index is 0.0284. The molecule has 19 heavy (non-hydrogen) atoms. The van der Waals surface area contributed by atoms with Crippen molar-refractivity contribution in [2.45, 2.75) is 6.42 Å². The first kappa shape index (κ1) is 14.7. The van der Waals surface area contributed by atoms with Crippen LogP contribution in [0.1, 0.15) is 15.9 Å². The molecule has 0 aliphatic carbocycles. The van der Waals surface area contributed by atoms with Crippen LogP contribution in [-0.2, 0) is 6.42 Å². The van der Waals surface area contributed by atoms with Gasteiger partial charge in [0.2, 0.25) is 0 Å². The van der Waals surface area contributed by atoms with Crippen LogP contribution in [0.5, 0.6) is 0 Å². The highest BCUT2D eigenvalue weighted by Gasteiger charge is 2.10. The molecule has 2 rings (SSSR count). The van der Waals surface area contributed by atoms with E-state index < -0.39 is 5.82 Å². The SMILES string of the molecule is O=C(Cc1ccc(F)c(Cl)c1)c1cc(Br)cc(Br)c1. The molecule has 0 heterocycles. The first-order valence-corrected chi connectivity index (χ1v) is 7.35. The largest absolute Gasteiger partial charge is 0.294 e. The Bertz CT molecular complexity index is 623. The summed E-state index contributed by atoms with van der Waals surface area (Å²) in [7, 11) is 0. The number of benzene rings is 2. The van der Waals surface area contributed by atoms with Gasteiger partial charge in [0.05, 0.1) is 5.02 Å². The molecular weight excluding hydrogens is 398 g/mol. The van der Waals surface area contributed by atoms with E-state index in [1.54, 1.807) is 18.2 Å². The van der Waals surface area contributed by atoms with Crippen molar-refractivity contribution < 1.29 is 9.18 Å². The van der Waals surface area contributed by atoms with E-state index in [-0.39, 0.29) is 17.2 Å². The van der Waals surface area contributed by atoms with Gasteiger partial charge in [-0.2, -0.15) is 0 Å². The van der Waals surface area contributed by atoms with Crippen LogP contribution in [0.25, 0.3) is 0 Å². The molecule has 98 valence electrons. The molecule has 1 nitrogen and oxygen atoms in total. The Balaban J connectivity index is 2.22. The van der Waals surface area contributed by atoms with E-state index in [9.17, 15) is 9.18 Å². The van der Waals surface area contributed by atoms with Gasteiger partial charge in [-0.15, -0.1) is 0 Å². The Morgan fingerprint density at radius 2 is 1.74 bits per heavy atom. The van der Waals surface area contributed by atoms with Gasteiger partial charge < -0.3 is 0 Å². The molecule has 0 atom stereocenters. The van der Waals surface area contributed by atoms with Gasteiger partial charge in [0, 0.05) is 20.9 Å². The molecule has 2 aromatic carbocycles. The average molecular weight is 406 g/mol. The van der Waals surface area contributed by atoms with E-state index in [0.29, 0.717) is 11.1 Å². The summed E-state index contributed by atoms with van der Waals surface area (Å²) in [5.74, 6) is -0.534. The number of halogens is 4. The van der Waals surface area contributed by atoms with Crippen LogP contribution >= 0.6 is 43.5 Å². The number of ketones is 1. The minimum Gasteiger partial charge on any atom is -0.294 e. The fourth-order valence-electron chi connectivity index (χ4n) is 1.65. The van der Waals surface area contributed by atoms with Crippen molar-refractivity contribution in [3.05, 3.63) is 67.3 Å². The van der Waals surface area contributed by atoms with E-state index in [4.69, 9.17) is 11.6 Å². The van der Waals surface area contributed by atoms with Crippen LogP contribution in [0.15, 0.2) is 45.3 Å². The summed E-state index contributed by atoms with van der Waals surface area (Å²) in [4.78, 5) is 12.1. The second-order valence-corrected chi connectivity index (χ2v) is 6.25. The molecule has 0 spiro atoms. The summed E-state index contributed by atoms with van der Waals surface area (Å²) in [6.07, 6.45) is 0.183. The highest BCUT2D eigenvalue weighted by atomic mass is 79.9. The Morgan fingerprint density at radius 1 is 1.11 bits per heavy atom. The number of carbonyl (C=O) groups is 1. The van der Waals surface area contributed by atoms with Crippen LogP contribution in [0.3, 0.4) is 0 Å². The van der Waals surface area contributed by atoms with E-state index >= 15 is 0 Å². The zero-order valence-corrected chi connectivity index (χ0v) is 13.5. The Morgan fingerprint density at radius 3 is 2.32 bits per heavy atom. The number of carbonyl (C=O) groups excluding carboxylic acids is 1. The van der Waals surface area contributed by atoms with Crippen molar-refractivity contribution in [2.24, 2.45) is 0 Å². The first-order chi connectivity index (χ1) is 8.95. The average Bonchev–Trinajstić information content (AvgIpc) is 2.32. The number of hydrogen-bond donors (Lipinski definition) is 0. The van der Waals surface area contributed by atoms with Gasteiger partial charge in [-0.25, -0.2) is 4.39 Å². The maximum absolute atomic E-state index is 13.0. The van der Waals surface area contributed by atoms with Crippen LogP contribution in [-0.4, -0.2) is 5.78 Å². The number of hydrogen-bond acceptors (Lipinski definition) is 1. The van der Waals surface area contributed by atoms with Crippen molar-refractivity contribution in [3.8, 4) is 0 Å². The fourth-order valence-corrected chi connectivity index (χ4v) is 3.15. The van der Waals surface area contributed by atoms with Gasteiger partial charge in [-0.05, 0) is 35.9 Å². The fraction of sp³-hybridized carbons (Fsp3) is 0.0714. The summed E-state index contributed by atoms with van der Waals surface area (Å²) in [6, 6.07) is 9.65. The number of Topliss-reactive ketones (excluding diaryl/α,β-unsaturated/α-hetero) is 1. The Hall–Kier alpha value is -0.710. The molecule has 0 aromatic heterocycles. The van der Waals surface area contributed by atoms with Crippen LogP contribution < -0.4 is 0 Å². The van der Waals surface area contributed by atoms with Crippen LogP contribution in [0, 0.1) is 5.82 Å². The third-order valence-electron chi connectivity index (χ3n) is 2.53. The molecule has 0 radical (unpaired) electrons. The van der Waals surface area contributed by atoms with E-state index in [1.165, 1.54) is 12.1 Å². The highest BCUT2D eigenvalue weighted by Crippen LogP contribution is 2.22. The van der Waals surface area contributed by atoms with Crippen LogP contribution in [0.2, 0.25) is 5.02 Å². The van der Waals surface area contributed by atoms with Gasteiger partial charge in [0.1, 0.15) is 5.82 Å². The quantitative estimate of drug-likeness (QED) is 0.621. The lowest BCUT2D eigenvalue weighted by Gasteiger charge is -2.04. The van der Waals surface area contributed by atoms with E-state index in [0.717, 1.165) is 8.95 Å². The van der Waals surface area contributed by atoms with Gasteiger partial charge in [-0.3, -0.25) is 4.79 Å². The predicted octanol–water partition coefficient (Wildman–Crippen LogP) is 5.43. The summed E-state index contributed by atoms with van der Waals surface area (Å²) >= 11 is 12.4. The van der Waals surface area contributed by atoms with E-state index in [2.05, 4.69) is 31.9 Å². The lowest BCUT2D eigenvalue weighted by Crippen LogP contribution is -2.04. The molecule has 0 amide bonds. The predicted molar refractivity (Wildman–Crippen MR) is 81.3 cm³/mol. The van der Waals surface area contributed by atoms with Crippen molar-refractivity contribution in [2.75, 3.05) is 0 Å². The topological polar surface area (TPSA) is 17.1 Å². The molecule has 0 N–H and O–H groups in total. The van der Waals surface area contributed by atoms with Gasteiger partial charge in [0.15, 0.2) is 5.78 Å². The van der Waals surface area contributed by atoms with Crippen molar-refractivity contribution >= 4 is 49.2 Å². The zero-order valence-electron chi connectivity index (χ0n) is 9.59. The zero-order chi connectivity index (χ0) is 14.0. The normalized spacial score (nSPS) is 10.5. The minimum atomic E-state index is -0.483. The molecule has 0 fully saturated rings. The summed E-state index contributed by atoms with van der Waals surface area (Å²) in [6.45, 7) is 0.